The van der Waals surface area contributed by atoms with Crippen LogP contribution in [0.3, 0.4) is 0 Å². The van der Waals surface area contributed by atoms with Gasteiger partial charge in [0.15, 0.2) is 5.78 Å². The summed E-state index contributed by atoms with van der Waals surface area (Å²) >= 11 is 0. The maximum atomic E-state index is 12.1. The van der Waals surface area contributed by atoms with Gasteiger partial charge in [0.05, 0.1) is 4.90 Å². The van der Waals surface area contributed by atoms with Crippen LogP contribution in [0.5, 0.6) is 0 Å². The molecule has 122 valence electrons. The molecule has 23 heavy (non-hydrogen) atoms. The molecule has 2 rings (SSSR count). The zero-order valence-electron chi connectivity index (χ0n) is 13.4. The Kier molecular flexibility index (Phi) is 5.69. The fraction of sp³-hybridized carbons (Fsp3) is 0.278. The van der Waals surface area contributed by atoms with Crippen molar-refractivity contribution in [2.45, 2.75) is 31.6 Å². The third kappa shape index (κ3) is 5.01. The number of sulfonamides is 1. The van der Waals surface area contributed by atoms with Gasteiger partial charge in [-0.15, -0.1) is 0 Å². The Morgan fingerprint density at radius 1 is 1.00 bits per heavy atom. The number of hydrogen-bond donors (Lipinski definition) is 1. The Morgan fingerprint density at radius 3 is 2.17 bits per heavy atom. The van der Waals surface area contributed by atoms with E-state index >= 15 is 0 Å². The van der Waals surface area contributed by atoms with Gasteiger partial charge in [0, 0.05) is 12.1 Å². The van der Waals surface area contributed by atoms with E-state index in [0.29, 0.717) is 18.5 Å². The predicted octanol–water partition coefficient (Wildman–Crippen LogP) is 3.11. The van der Waals surface area contributed by atoms with Gasteiger partial charge in [0.1, 0.15) is 0 Å². The molecule has 0 saturated heterocycles. The Bertz CT molecular complexity index is 763. The molecule has 5 heteroatoms. The number of hydrogen-bond acceptors (Lipinski definition) is 3. The number of carbonyl (C=O) groups is 1. The molecule has 0 amide bonds. The molecular formula is C18H21NO3S. The molecule has 2 aromatic carbocycles. The van der Waals surface area contributed by atoms with E-state index in [-0.39, 0.29) is 10.7 Å². The molecule has 0 fully saturated rings. The number of ketones is 1. The highest BCUT2D eigenvalue weighted by Gasteiger charge is 2.12. The highest BCUT2D eigenvalue weighted by Crippen LogP contribution is 2.11. The van der Waals surface area contributed by atoms with E-state index < -0.39 is 10.0 Å². The van der Waals surface area contributed by atoms with E-state index in [9.17, 15) is 13.2 Å². The summed E-state index contributed by atoms with van der Waals surface area (Å²) in [6.07, 6.45) is 1.46. The topological polar surface area (TPSA) is 63.2 Å². The standard InChI is InChI=1S/C18H21NO3S/c1-14-5-11-18(12-6-14)23(21,22)19-13-3-4-16-7-9-17(10-8-16)15(2)20/h5-12,19H,3-4,13H2,1-2H3. The summed E-state index contributed by atoms with van der Waals surface area (Å²) in [5, 5.41) is 0. The molecule has 0 spiro atoms. The summed E-state index contributed by atoms with van der Waals surface area (Å²) in [6.45, 7) is 3.83. The van der Waals surface area contributed by atoms with Crippen molar-refractivity contribution in [3.63, 3.8) is 0 Å². The summed E-state index contributed by atoms with van der Waals surface area (Å²) in [7, 11) is -3.44. The number of nitrogens with one attached hydrogen (secondary N) is 1. The van der Waals surface area contributed by atoms with Crippen molar-refractivity contribution in [3.05, 3.63) is 65.2 Å². The van der Waals surface area contributed by atoms with Gasteiger partial charge in [-0.3, -0.25) is 4.79 Å². The number of benzene rings is 2. The first-order valence-electron chi connectivity index (χ1n) is 7.55. The quantitative estimate of drug-likeness (QED) is 0.626. The van der Waals surface area contributed by atoms with Crippen molar-refractivity contribution in [3.8, 4) is 0 Å². The van der Waals surface area contributed by atoms with Gasteiger partial charge in [-0.2, -0.15) is 0 Å². The van der Waals surface area contributed by atoms with Crippen molar-refractivity contribution in [2.24, 2.45) is 0 Å². The normalized spacial score (nSPS) is 11.4. The minimum atomic E-state index is -3.44. The minimum absolute atomic E-state index is 0.0439. The van der Waals surface area contributed by atoms with Gasteiger partial charge in [0.2, 0.25) is 10.0 Å². The summed E-state index contributed by atoms with van der Waals surface area (Å²) in [5.74, 6) is 0.0439. The maximum Gasteiger partial charge on any atom is 0.240 e. The fourth-order valence-electron chi connectivity index (χ4n) is 2.21. The smallest absolute Gasteiger partial charge is 0.240 e. The molecule has 0 aliphatic heterocycles. The Hall–Kier alpha value is -1.98. The van der Waals surface area contributed by atoms with Crippen LogP contribution in [0.25, 0.3) is 0 Å². The van der Waals surface area contributed by atoms with Crippen LogP contribution in [0.1, 0.15) is 34.8 Å². The van der Waals surface area contributed by atoms with E-state index in [0.717, 1.165) is 17.5 Å². The monoisotopic (exact) mass is 331 g/mol. The van der Waals surface area contributed by atoms with Crippen LogP contribution in [0.4, 0.5) is 0 Å². The Labute approximate surface area is 137 Å². The van der Waals surface area contributed by atoms with Gasteiger partial charge in [-0.25, -0.2) is 13.1 Å². The molecule has 0 aromatic heterocycles. The number of carbonyl (C=O) groups excluding carboxylic acids is 1. The molecule has 4 nitrogen and oxygen atoms in total. The predicted molar refractivity (Wildman–Crippen MR) is 91.1 cm³/mol. The molecule has 0 unspecified atom stereocenters. The zero-order chi connectivity index (χ0) is 16.9. The minimum Gasteiger partial charge on any atom is -0.295 e. The largest absolute Gasteiger partial charge is 0.295 e. The highest BCUT2D eigenvalue weighted by molar-refractivity contribution is 7.89. The average molecular weight is 331 g/mol. The van der Waals surface area contributed by atoms with Crippen molar-refractivity contribution in [1.82, 2.24) is 4.72 Å². The zero-order valence-corrected chi connectivity index (χ0v) is 14.2. The van der Waals surface area contributed by atoms with Gasteiger partial charge >= 0.3 is 0 Å². The van der Waals surface area contributed by atoms with Crippen LogP contribution in [-0.2, 0) is 16.4 Å². The third-order valence-corrected chi connectivity index (χ3v) is 5.10. The van der Waals surface area contributed by atoms with E-state index in [1.165, 1.54) is 6.92 Å². The highest BCUT2D eigenvalue weighted by atomic mass is 32.2. The fourth-order valence-corrected chi connectivity index (χ4v) is 3.28. The maximum absolute atomic E-state index is 12.1. The lowest BCUT2D eigenvalue weighted by atomic mass is 10.1. The molecule has 0 atom stereocenters. The van der Waals surface area contributed by atoms with Crippen LogP contribution < -0.4 is 4.72 Å². The molecule has 1 N–H and O–H groups in total. The number of Topliss-reactive ketones (excluding diaryl/α,β-unsaturated/α-hetero) is 1. The second-order valence-electron chi connectivity index (χ2n) is 5.57. The Balaban J connectivity index is 1.84. The molecular weight excluding hydrogens is 310 g/mol. The number of aryl methyl sites for hydroxylation is 2. The number of rotatable bonds is 7. The van der Waals surface area contributed by atoms with Crippen LogP contribution in [0.2, 0.25) is 0 Å². The summed E-state index contributed by atoms with van der Waals surface area (Å²) in [6, 6.07) is 14.2. The third-order valence-electron chi connectivity index (χ3n) is 3.63. The molecule has 2 aromatic rings. The molecule has 0 aliphatic carbocycles. The molecule has 0 aliphatic rings. The summed E-state index contributed by atoms with van der Waals surface area (Å²) in [5.41, 5.74) is 2.80. The van der Waals surface area contributed by atoms with Crippen LogP contribution in [0, 0.1) is 6.92 Å². The SMILES string of the molecule is CC(=O)c1ccc(CCCNS(=O)(=O)c2ccc(C)cc2)cc1. The molecule has 0 heterocycles. The second-order valence-corrected chi connectivity index (χ2v) is 7.33. The van der Waals surface area contributed by atoms with Gasteiger partial charge in [0.25, 0.3) is 0 Å². The lowest BCUT2D eigenvalue weighted by molar-refractivity contribution is 0.101. The summed E-state index contributed by atoms with van der Waals surface area (Å²) in [4.78, 5) is 11.5. The molecule has 0 radical (unpaired) electrons. The van der Waals surface area contributed by atoms with Crippen molar-refractivity contribution < 1.29 is 13.2 Å². The van der Waals surface area contributed by atoms with Gasteiger partial charge < -0.3 is 0 Å². The van der Waals surface area contributed by atoms with E-state index in [4.69, 9.17) is 0 Å². The van der Waals surface area contributed by atoms with Crippen LogP contribution in [0.15, 0.2) is 53.4 Å². The molecule has 0 saturated carbocycles. The van der Waals surface area contributed by atoms with Crippen LogP contribution in [-0.4, -0.2) is 20.7 Å². The average Bonchev–Trinajstić information content (AvgIpc) is 2.52. The van der Waals surface area contributed by atoms with Crippen molar-refractivity contribution in [1.29, 1.82) is 0 Å². The van der Waals surface area contributed by atoms with Crippen molar-refractivity contribution >= 4 is 15.8 Å². The summed E-state index contributed by atoms with van der Waals surface area (Å²) < 4.78 is 26.9. The van der Waals surface area contributed by atoms with Crippen molar-refractivity contribution in [2.75, 3.05) is 6.54 Å². The lowest BCUT2D eigenvalue weighted by Gasteiger charge is -2.07. The van der Waals surface area contributed by atoms with E-state index in [1.54, 1.807) is 36.4 Å². The van der Waals surface area contributed by atoms with E-state index in [1.807, 2.05) is 19.1 Å². The van der Waals surface area contributed by atoms with Gasteiger partial charge in [-0.1, -0.05) is 42.0 Å². The second kappa shape index (κ2) is 7.53. The lowest BCUT2D eigenvalue weighted by Crippen LogP contribution is -2.25. The van der Waals surface area contributed by atoms with E-state index in [2.05, 4.69) is 4.72 Å². The first kappa shape index (κ1) is 17.4. The first-order chi connectivity index (χ1) is 10.9. The van der Waals surface area contributed by atoms with Gasteiger partial charge in [-0.05, 0) is 44.4 Å². The van der Waals surface area contributed by atoms with Crippen LogP contribution >= 0.6 is 0 Å². The first-order valence-corrected chi connectivity index (χ1v) is 9.03. The Morgan fingerprint density at radius 2 is 1.61 bits per heavy atom. The molecule has 0 bridgehead atoms.